The van der Waals surface area contributed by atoms with Gasteiger partial charge in [-0.2, -0.15) is 5.26 Å². The van der Waals surface area contributed by atoms with E-state index in [1.54, 1.807) is 12.1 Å². The Kier molecular flexibility index (Phi) is 7.08. The number of esters is 1. The molecular formula is C19H17N3O7. The number of methoxy groups -OCH3 is 1. The number of nitriles is 1. The van der Waals surface area contributed by atoms with Gasteiger partial charge in [0.05, 0.1) is 29.4 Å². The van der Waals surface area contributed by atoms with Crippen LogP contribution in [0.15, 0.2) is 42.5 Å². The topological polar surface area (TPSA) is 141 Å². The highest BCUT2D eigenvalue weighted by Gasteiger charge is 2.21. The molecule has 2 aromatic carbocycles. The number of nitro groups is 1. The molecule has 0 bridgehead atoms. The zero-order valence-electron chi connectivity index (χ0n) is 15.6. The molecule has 0 fully saturated rings. The number of hydrogen-bond donors (Lipinski definition) is 1. The van der Waals surface area contributed by atoms with Crippen LogP contribution in [0.3, 0.4) is 0 Å². The number of nitrogens with one attached hydrogen (secondary N) is 1. The molecule has 0 radical (unpaired) electrons. The predicted octanol–water partition coefficient (Wildman–Crippen LogP) is 2.42. The average Bonchev–Trinajstić information content (AvgIpc) is 2.72. The smallest absolute Gasteiger partial charge is 0.344 e. The summed E-state index contributed by atoms with van der Waals surface area (Å²) in [7, 11) is 1.30. The fraction of sp³-hybridized carbons (Fsp3) is 0.211. The second-order valence-corrected chi connectivity index (χ2v) is 5.66. The van der Waals surface area contributed by atoms with Gasteiger partial charge < -0.3 is 19.5 Å². The van der Waals surface area contributed by atoms with Crippen molar-refractivity contribution in [1.29, 1.82) is 5.26 Å². The van der Waals surface area contributed by atoms with Gasteiger partial charge in [-0.3, -0.25) is 14.9 Å². The predicted molar refractivity (Wildman–Crippen MR) is 100 cm³/mol. The normalized spacial score (nSPS) is 10.9. The van der Waals surface area contributed by atoms with Crippen molar-refractivity contribution in [3.63, 3.8) is 0 Å². The van der Waals surface area contributed by atoms with E-state index in [-0.39, 0.29) is 28.4 Å². The fourth-order valence-corrected chi connectivity index (χ4v) is 2.24. The fourth-order valence-electron chi connectivity index (χ4n) is 2.24. The number of nitro benzene ring substituents is 1. The molecule has 1 atom stereocenters. The van der Waals surface area contributed by atoms with E-state index < -0.39 is 29.5 Å². The number of benzene rings is 2. The van der Waals surface area contributed by atoms with Gasteiger partial charge in [-0.25, -0.2) is 4.79 Å². The number of amides is 1. The summed E-state index contributed by atoms with van der Waals surface area (Å²) < 4.78 is 15.3. The first-order valence-electron chi connectivity index (χ1n) is 8.30. The Morgan fingerprint density at radius 1 is 1.24 bits per heavy atom. The van der Waals surface area contributed by atoms with E-state index in [1.165, 1.54) is 38.3 Å². The van der Waals surface area contributed by atoms with Crippen LogP contribution < -0.4 is 14.8 Å². The number of rotatable bonds is 8. The third-order valence-corrected chi connectivity index (χ3v) is 3.68. The van der Waals surface area contributed by atoms with Crippen LogP contribution in [0.2, 0.25) is 0 Å². The summed E-state index contributed by atoms with van der Waals surface area (Å²) in [6.45, 7) is 0.867. The van der Waals surface area contributed by atoms with Gasteiger partial charge in [0, 0.05) is 6.07 Å². The molecular weight excluding hydrogens is 382 g/mol. The molecule has 1 N–H and O–H groups in total. The molecule has 0 saturated carbocycles. The quantitative estimate of drug-likeness (QED) is 0.405. The van der Waals surface area contributed by atoms with Crippen molar-refractivity contribution in [2.24, 2.45) is 0 Å². The highest BCUT2D eigenvalue weighted by Crippen LogP contribution is 2.29. The summed E-state index contributed by atoms with van der Waals surface area (Å²) in [6.07, 6.45) is -1.17. The summed E-state index contributed by atoms with van der Waals surface area (Å²) in [4.78, 5) is 34.4. The minimum absolute atomic E-state index is 0.0857. The van der Waals surface area contributed by atoms with Gasteiger partial charge in [0.2, 0.25) is 0 Å². The number of para-hydroxylation sites is 1. The largest absolute Gasteiger partial charge is 0.494 e. The lowest BCUT2D eigenvalue weighted by Crippen LogP contribution is -2.31. The minimum atomic E-state index is -1.17. The van der Waals surface area contributed by atoms with Crippen LogP contribution in [-0.2, 0) is 14.3 Å². The summed E-state index contributed by atoms with van der Waals surface area (Å²) in [5.41, 5.74) is 0.246. The van der Waals surface area contributed by atoms with Crippen LogP contribution in [0.5, 0.6) is 11.5 Å². The molecule has 10 nitrogen and oxygen atoms in total. The molecule has 2 aromatic rings. The standard InChI is InChI=1S/C19H17N3O7/c1-12(29-18(23)11-28-16-6-4-3-5-13(16)10-20)19(24)21-15-8-7-14(22(25)26)9-17(15)27-2/h3-9,12H,11H2,1-2H3,(H,21,24)/t12-/m1/s1. The molecule has 1 amide bonds. The van der Waals surface area contributed by atoms with E-state index in [1.807, 2.05) is 6.07 Å². The van der Waals surface area contributed by atoms with Crippen molar-refractivity contribution < 1.29 is 28.7 Å². The third kappa shape index (κ3) is 5.67. The minimum Gasteiger partial charge on any atom is -0.494 e. The lowest BCUT2D eigenvalue weighted by atomic mass is 10.2. The average molecular weight is 399 g/mol. The number of anilines is 1. The van der Waals surface area contributed by atoms with Crippen LogP contribution >= 0.6 is 0 Å². The van der Waals surface area contributed by atoms with Gasteiger partial charge in [0.1, 0.15) is 17.6 Å². The number of nitrogens with zero attached hydrogens (tertiary/aromatic N) is 2. The van der Waals surface area contributed by atoms with E-state index in [2.05, 4.69) is 5.32 Å². The van der Waals surface area contributed by atoms with Crippen LogP contribution in [0.4, 0.5) is 11.4 Å². The van der Waals surface area contributed by atoms with E-state index in [4.69, 9.17) is 19.5 Å². The molecule has 0 saturated heterocycles. The lowest BCUT2D eigenvalue weighted by Gasteiger charge is -2.15. The highest BCUT2D eigenvalue weighted by atomic mass is 16.6. The molecule has 0 aromatic heterocycles. The lowest BCUT2D eigenvalue weighted by molar-refractivity contribution is -0.384. The number of non-ortho nitro benzene ring substituents is 1. The Morgan fingerprint density at radius 2 is 1.97 bits per heavy atom. The van der Waals surface area contributed by atoms with E-state index in [9.17, 15) is 19.7 Å². The first-order valence-corrected chi connectivity index (χ1v) is 8.30. The van der Waals surface area contributed by atoms with Crippen LogP contribution in [0.1, 0.15) is 12.5 Å². The van der Waals surface area contributed by atoms with Crippen molar-refractivity contribution in [3.8, 4) is 17.6 Å². The maximum Gasteiger partial charge on any atom is 0.344 e. The first kappa shape index (κ1) is 21.2. The maximum absolute atomic E-state index is 12.2. The van der Waals surface area contributed by atoms with Crippen LogP contribution in [0.25, 0.3) is 0 Å². The van der Waals surface area contributed by atoms with Gasteiger partial charge >= 0.3 is 5.97 Å². The second-order valence-electron chi connectivity index (χ2n) is 5.66. The zero-order valence-corrected chi connectivity index (χ0v) is 15.6. The van der Waals surface area contributed by atoms with Crippen molar-refractivity contribution >= 4 is 23.3 Å². The number of hydrogen-bond acceptors (Lipinski definition) is 8. The Balaban J connectivity index is 1.94. The zero-order chi connectivity index (χ0) is 21.4. The number of ether oxygens (including phenoxy) is 3. The van der Waals surface area contributed by atoms with Crippen LogP contribution in [0, 0.1) is 21.4 Å². The summed E-state index contributed by atoms with van der Waals surface area (Å²) >= 11 is 0. The van der Waals surface area contributed by atoms with Crippen molar-refractivity contribution in [2.75, 3.05) is 19.0 Å². The van der Waals surface area contributed by atoms with Gasteiger partial charge in [0.15, 0.2) is 12.7 Å². The molecule has 0 aliphatic heterocycles. The summed E-state index contributed by atoms with van der Waals surface area (Å²) in [5.74, 6) is -1.17. The van der Waals surface area contributed by atoms with Crippen molar-refractivity contribution in [1.82, 2.24) is 0 Å². The number of carbonyl (C=O) groups is 2. The molecule has 2 rings (SSSR count). The van der Waals surface area contributed by atoms with Crippen molar-refractivity contribution in [2.45, 2.75) is 13.0 Å². The van der Waals surface area contributed by atoms with Crippen LogP contribution in [-0.4, -0.2) is 36.6 Å². The SMILES string of the molecule is COc1cc([N+](=O)[O-])ccc1NC(=O)[C@@H](C)OC(=O)COc1ccccc1C#N. The Hall–Kier alpha value is -4.13. The van der Waals surface area contributed by atoms with Gasteiger partial charge in [-0.1, -0.05) is 12.1 Å². The molecule has 0 spiro atoms. The molecule has 10 heteroatoms. The highest BCUT2D eigenvalue weighted by molar-refractivity contribution is 5.96. The van der Waals surface area contributed by atoms with E-state index in [0.29, 0.717) is 0 Å². The Labute approximate surface area is 165 Å². The molecule has 150 valence electrons. The molecule has 0 aliphatic carbocycles. The molecule has 0 heterocycles. The van der Waals surface area contributed by atoms with Crippen molar-refractivity contribution in [3.05, 3.63) is 58.1 Å². The summed E-state index contributed by atoms with van der Waals surface area (Å²) in [6, 6.07) is 12.0. The first-order chi connectivity index (χ1) is 13.8. The molecule has 0 aliphatic rings. The molecule has 29 heavy (non-hydrogen) atoms. The van der Waals surface area contributed by atoms with Gasteiger partial charge in [0.25, 0.3) is 11.6 Å². The Bertz CT molecular complexity index is 969. The summed E-state index contributed by atoms with van der Waals surface area (Å²) in [5, 5.41) is 22.3. The third-order valence-electron chi connectivity index (χ3n) is 3.68. The molecule has 0 unspecified atom stereocenters. The Morgan fingerprint density at radius 3 is 2.62 bits per heavy atom. The van der Waals surface area contributed by atoms with E-state index in [0.717, 1.165) is 6.07 Å². The second kappa shape index (κ2) is 9.70. The van der Waals surface area contributed by atoms with E-state index >= 15 is 0 Å². The number of carbonyl (C=O) groups excluding carboxylic acids is 2. The monoisotopic (exact) mass is 399 g/mol. The maximum atomic E-state index is 12.2. The van der Waals surface area contributed by atoms with Gasteiger partial charge in [-0.15, -0.1) is 0 Å². The van der Waals surface area contributed by atoms with Gasteiger partial charge in [-0.05, 0) is 25.1 Å².